The van der Waals surface area contributed by atoms with Gasteiger partial charge in [0.2, 0.25) is 5.91 Å². The zero-order valence-electron chi connectivity index (χ0n) is 10.2. The number of unbranched alkanes of at least 4 members (excludes halogenated alkanes) is 2. The van der Waals surface area contributed by atoms with Crippen molar-refractivity contribution < 1.29 is 19.5 Å². The van der Waals surface area contributed by atoms with E-state index < -0.39 is 17.9 Å². The highest BCUT2D eigenvalue weighted by Crippen LogP contribution is 1.99. The fourth-order valence-corrected chi connectivity index (χ4v) is 1.19. The van der Waals surface area contributed by atoms with Gasteiger partial charge in [-0.1, -0.05) is 0 Å². The Labute approximate surface area is 106 Å². The van der Waals surface area contributed by atoms with Crippen LogP contribution in [0.15, 0.2) is 0 Å². The molecule has 0 bridgehead atoms. The molecule has 100 valence electrons. The maximum atomic E-state index is 11.2. The van der Waals surface area contributed by atoms with Crippen LogP contribution in [0.4, 0.5) is 4.79 Å². The van der Waals surface area contributed by atoms with E-state index in [1.165, 1.54) is 0 Å². The Morgan fingerprint density at radius 1 is 1.11 bits per heavy atom. The van der Waals surface area contributed by atoms with E-state index in [1.807, 2.05) is 0 Å². The first kappa shape index (κ1) is 16.0. The second-order valence-corrected chi connectivity index (χ2v) is 3.71. The molecule has 0 fully saturated rings. The molecule has 0 spiro atoms. The molecule has 6 heteroatoms. The van der Waals surface area contributed by atoms with Crippen LogP contribution in [0.5, 0.6) is 0 Å². The number of carbonyl (C=O) groups is 3. The van der Waals surface area contributed by atoms with Crippen molar-refractivity contribution in [1.29, 1.82) is 0 Å². The Balaban J connectivity index is 3.53. The Hall–Kier alpha value is -2.03. The lowest BCUT2D eigenvalue weighted by Gasteiger charge is -2.05. The van der Waals surface area contributed by atoms with Crippen molar-refractivity contribution >= 4 is 17.9 Å². The Morgan fingerprint density at radius 3 is 2.39 bits per heavy atom. The summed E-state index contributed by atoms with van der Waals surface area (Å²) in [6.07, 6.45) is 7.32. The molecule has 0 unspecified atom stereocenters. The van der Waals surface area contributed by atoms with E-state index in [-0.39, 0.29) is 12.8 Å². The van der Waals surface area contributed by atoms with Crippen molar-refractivity contribution in [3.8, 4) is 12.3 Å². The minimum Gasteiger partial charge on any atom is -0.481 e. The Morgan fingerprint density at radius 2 is 1.78 bits per heavy atom. The lowest BCUT2D eigenvalue weighted by atomic mass is 10.2. The van der Waals surface area contributed by atoms with Crippen molar-refractivity contribution in [1.82, 2.24) is 10.6 Å². The predicted molar refractivity (Wildman–Crippen MR) is 65.7 cm³/mol. The van der Waals surface area contributed by atoms with Gasteiger partial charge in [-0.2, -0.15) is 0 Å². The summed E-state index contributed by atoms with van der Waals surface area (Å²) in [4.78, 5) is 32.6. The smallest absolute Gasteiger partial charge is 0.321 e. The van der Waals surface area contributed by atoms with E-state index in [1.54, 1.807) is 0 Å². The first-order chi connectivity index (χ1) is 8.56. The van der Waals surface area contributed by atoms with E-state index in [9.17, 15) is 14.4 Å². The van der Waals surface area contributed by atoms with Crippen LogP contribution >= 0.6 is 0 Å². The number of carboxylic acid groups (broad SMARTS) is 1. The van der Waals surface area contributed by atoms with Crippen molar-refractivity contribution in [2.75, 3.05) is 6.54 Å². The summed E-state index contributed by atoms with van der Waals surface area (Å²) >= 11 is 0. The molecule has 0 aromatic rings. The lowest BCUT2D eigenvalue weighted by Crippen LogP contribution is -2.39. The van der Waals surface area contributed by atoms with E-state index in [2.05, 4.69) is 16.6 Å². The van der Waals surface area contributed by atoms with Crippen LogP contribution < -0.4 is 10.6 Å². The first-order valence-corrected chi connectivity index (χ1v) is 5.79. The molecule has 0 heterocycles. The quantitative estimate of drug-likeness (QED) is 0.442. The highest BCUT2D eigenvalue weighted by molar-refractivity contribution is 5.94. The molecule has 6 nitrogen and oxygen atoms in total. The molecular formula is C12H18N2O4. The molecule has 18 heavy (non-hydrogen) atoms. The number of terminal acetylenes is 1. The lowest BCUT2D eigenvalue weighted by molar-refractivity contribution is -0.137. The molecule has 0 aromatic heterocycles. The largest absolute Gasteiger partial charge is 0.481 e. The molecule has 0 saturated carbocycles. The zero-order chi connectivity index (χ0) is 13.8. The number of nitrogens with one attached hydrogen (secondary N) is 2. The molecule has 3 N–H and O–H groups in total. The van der Waals surface area contributed by atoms with E-state index in [0.717, 1.165) is 0 Å². The van der Waals surface area contributed by atoms with Crippen LogP contribution in [-0.4, -0.2) is 29.6 Å². The van der Waals surface area contributed by atoms with Crippen molar-refractivity contribution in [2.45, 2.75) is 38.5 Å². The standard InChI is InChI=1S/C12H18N2O4/c1-2-3-6-9-13-12(18)14-10(15)7-4-5-8-11(16)17/h1H,3-9H2,(H,16,17)(H2,13,14,15,18). The molecule has 0 aliphatic carbocycles. The summed E-state index contributed by atoms with van der Waals surface area (Å²) in [5.74, 6) is 1.14. The number of urea groups is 1. The van der Waals surface area contributed by atoms with Crippen molar-refractivity contribution in [3.05, 3.63) is 0 Å². The topological polar surface area (TPSA) is 95.5 Å². The van der Waals surface area contributed by atoms with Gasteiger partial charge in [0, 0.05) is 25.8 Å². The minimum absolute atomic E-state index is 0.0333. The maximum Gasteiger partial charge on any atom is 0.321 e. The van der Waals surface area contributed by atoms with Gasteiger partial charge in [0.1, 0.15) is 0 Å². The molecule has 0 rings (SSSR count). The summed E-state index contributed by atoms with van der Waals surface area (Å²) < 4.78 is 0. The first-order valence-electron chi connectivity index (χ1n) is 5.79. The number of hydrogen-bond acceptors (Lipinski definition) is 3. The van der Waals surface area contributed by atoms with Gasteiger partial charge in [-0.15, -0.1) is 12.3 Å². The summed E-state index contributed by atoms with van der Waals surface area (Å²) in [6, 6.07) is -0.546. The SMILES string of the molecule is C#CCCCNC(=O)NC(=O)CCCCC(=O)O. The van der Waals surface area contributed by atoms with Crippen molar-refractivity contribution in [3.63, 3.8) is 0 Å². The second-order valence-electron chi connectivity index (χ2n) is 3.71. The molecule has 0 aliphatic heterocycles. The highest BCUT2D eigenvalue weighted by Gasteiger charge is 2.07. The Kier molecular flexibility index (Phi) is 9.00. The van der Waals surface area contributed by atoms with Crippen molar-refractivity contribution in [2.24, 2.45) is 0 Å². The fraction of sp³-hybridized carbons (Fsp3) is 0.583. The van der Waals surface area contributed by atoms with Crippen LogP contribution in [0.3, 0.4) is 0 Å². The normalized spacial score (nSPS) is 9.28. The molecule has 0 saturated heterocycles. The van der Waals surface area contributed by atoms with E-state index in [4.69, 9.17) is 11.5 Å². The summed E-state index contributed by atoms with van der Waals surface area (Å²) in [5.41, 5.74) is 0. The van der Waals surface area contributed by atoms with Crippen LogP contribution in [0, 0.1) is 12.3 Å². The van der Waals surface area contributed by atoms with Crippen LogP contribution in [0.1, 0.15) is 38.5 Å². The summed E-state index contributed by atoms with van der Waals surface area (Å²) in [6.45, 7) is 0.419. The molecule has 0 atom stereocenters. The van der Waals surface area contributed by atoms with Crippen LogP contribution in [0.25, 0.3) is 0 Å². The number of carboxylic acids is 1. The highest BCUT2D eigenvalue weighted by atomic mass is 16.4. The number of carbonyl (C=O) groups excluding carboxylic acids is 2. The summed E-state index contributed by atoms with van der Waals surface area (Å²) in [5, 5.41) is 13.0. The predicted octanol–water partition coefficient (Wildman–Crippen LogP) is 0.871. The fourth-order valence-electron chi connectivity index (χ4n) is 1.19. The average molecular weight is 254 g/mol. The van der Waals surface area contributed by atoms with Crippen LogP contribution in [0.2, 0.25) is 0 Å². The molecule has 3 amide bonds. The third kappa shape index (κ3) is 10.5. The number of hydrogen-bond donors (Lipinski definition) is 3. The van der Waals surface area contributed by atoms with Gasteiger partial charge in [-0.3, -0.25) is 14.9 Å². The van der Waals surface area contributed by atoms with Gasteiger partial charge in [0.15, 0.2) is 0 Å². The Bertz CT molecular complexity index is 333. The molecule has 0 aliphatic rings. The monoisotopic (exact) mass is 254 g/mol. The number of aliphatic carboxylic acids is 1. The number of imide groups is 1. The molecule has 0 aromatic carbocycles. The van der Waals surface area contributed by atoms with Gasteiger partial charge in [-0.05, 0) is 19.3 Å². The maximum absolute atomic E-state index is 11.2. The molecule has 0 radical (unpaired) electrons. The van der Waals surface area contributed by atoms with Gasteiger partial charge in [0.05, 0.1) is 0 Å². The van der Waals surface area contributed by atoms with Gasteiger partial charge >= 0.3 is 12.0 Å². The number of rotatable bonds is 8. The van der Waals surface area contributed by atoms with E-state index in [0.29, 0.717) is 32.2 Å². The van der Waals surface area contributed by atoms with Gasteiger partial charge < -0.3 is 10.4 Å². The zero-order valence-corrected chi connectivity index (χ0v) is 10.2. The van der Waals surface area contributed by atoms with Gasteiger partial charge in [0.25, 0.3) is 0 Å². The van der Waals surface area contributed by atoms with Gasteiger partial charge in [-0.25, -0.2) is 4.79 Å². The third-order valence-corrected chi connectivity index (χ3v) is 2.08. The third-order valence-electron chi connectivity index (χ3n) is 2.08. The van der Waals surface area contributed by atoms with E-state index >= 15 is 0 Å². The average Bonchev–Trinajstić information content (AvgIpc) is 2.30. The van der Waals surface area contributed by atoms with Crippen LogP contribution in [-0.2, 0) is 9.59 Å². The summed E-state index contributed by atoms with van der Waals surface area (Å²) in [7, 11) is 0. The minimum atomic E-state index is -0.887. The molecular weight excluding hydrogens is 236 g/mol. The second kappa shape index (κ2) is 10.1. The number of amides is 3.